The molecule has 0 bridgehead atoms. The number of benzene rings is 2. The summed E-state index contributed by atoms with van der Waals surface area (Å²) in [5.41, 5.74) is 1.78. The Hall–Kier alpha value is -1.39. The maximum absolute atomic E-state index is 13.0. The van der Waals surface area contributed by atoms with Gasteiger partial charge in [-0.2, -0.15) is 0 Å². The van der Waals surface area contributed by atoms with E-state index in [1.54, 1.807) is 18.2 Å². The second kappa shape index (κ2) is 5.72. The monoisotopic (exact) mass is 341 g/mol. The first-order valence-corrected chi connectivity index (χ1v) is 6.67. The van der Waals surface area contributed by atoms with Crippen molar-refractivity contribution in [2.75, 3.05) is 5.32 Å². The third-order valence-electron chi connectivity index (χ3n) is 2.69. The molecule has 2 nitrogen and oxygen atoms in total. The van der Waals surface area contributed by atoms with Gasteiger partial charge in [0.15, 0.2) is 0 Å². The molecule has 0 aromatic heterocycles. The van der Waals surface area contributed by atoms with Gasteiger partial charge in [0.25, 0.3) is 5.91 Å². The average molecular weight is 343 g/mol. The van der Waals surface area contributed by atoms with Gasteiger partial charge >= 0.3 is 0 Å². The van der Waals surface area contributed by atoms with Gasteiger partial charge in [-0.15, -0.1) is 0 Å². The van der Waals surface area contributed by atoms with Crippen molar-refractivity contribution < 1.29 is 9.18 Å². The van der Waals surface area contributed by atoms with E-state index >= 15 is 0 Å². The van der Waals surface area contributed by atoms with E-state index in [2.05, 4.69) is 21.2 Å². The Kier molecular flexibility index (Phi) is 4.22. The zero-order valence-electron chi connectivity index (χ0n) is 10.0. The maximum Gasteiger partial charge on any atom is 0.256 e. The minimum atomic E-state index is -0.401. The third kappa shape index (κ3) is 3.14. The molecular formula is C14H10BrClFNO. The molecule has 0 fully saturated rings. The van der Waals surface area contributed by atoms with Crippen LogP contribution in [0.4, 0.5) is 10.1 Å². The van der Waals surface area contributed by atoms with E-state index < -0.39 is 5.82 Å². The highest BCUT2D eigenvalue weighted by molar-refractivity contribution is 9.10. The molecule has 0 unspecified atom stereocenters. The van der Waals surface area contributed by atoms with Crippen molar-refractivity contribution in [2.24, 2.45) is 0 Å². The molecule has 5 heteroatoms. The van der Waals surface area contributed by atoms with E-state index in [0.29, 0.717) is 20.7 Å². The van der Waals surface area contributed by atoms with E-state index in [9.17, 15) is 9.18 Å². The molecule has 98 valence electrons. The van der Waals surface area contributed by atoms with E-state index in [1.807, 2.05) is 6.92 Å². The van der Waals surface area contributed by atoms with Crippen LogP contribution in [0.5, 0.6) is 0 Å². The smallest absolute Gasteiger partial charge is 0.256 e. The van der Waals surface area contributed by atoms with Gasteiger partial charge in [-0.1, -0.05) is 17.7 Å². The molecule has 2 aromatic rings. The summed E-state index contributed by atoms with van der Waals surface area (Å²) in [6.07, 6.45) is 0. The highest BCUT2D eigenvalue weighted by Gasteiger charge is 2.12. The third-order valence-corrected chi connectivity index (χ3v) is 3.76. The molecule has 19 heavy (non-hydrogen) atoms. The lowest BCUT2D eigenvalue weighted by Gasteiger charge is -2.10. The number of rotatable bonds is 2. The summed E-state index contributed by atoms with van der Waals surface area (Å²) < 4.78 is 13.4. The van der Waals surface area contributed by atoms with Gasteiger partial charge in [0.1, 0.15) is 5.82 Å². The van der Waals surface area contributed by atoms with Crippen LogP contribution in [0.1, 0.15) is 15.9 Å². The number of nitrogens with one attached hydrogen (secondary N) is 1. The molecule has 1 amide bonds. The Labute approximate surface area is 123 Å². The van der Waals surface area contributed by atoms with Crippen LogP contribution >= 0.6 is 27.5 Å². The van der Waals surface area contributed by atoms with Crippen LogP contribution < -0.4 is 5.32 Å². The summed E-state index contributed by atoms with van der Waals surface area (Å²) in [4.78, 5) is 12.1. The topological polar surface area (TPSA) is 29.1 Å². The Balaban J connectivity index is 2.28. The van der Waals surface area contributed by atoms with Gasteiger partial charge in [0.05, 0.1) is 5.56 Å². The van der Waals surface area contributed by atoms with Crippen molar-refractivity contribution in [1.29, 1.82) is 0 Å². The molecule has 2 aromatic carbocycles. The van der Waals surface area contributed by atoms with Crippen LogP contribution in [-0.2, 0) is 0 Å². The van der Waals surface area contributed by atoms with Crippen molar-refractivity contribution in [3.05, 3.63) is 62.8 Å². The molecule has 0 aliphatic carbocycles. The lowest BCUT2D eigenvalue weighted by atomic mass is 10.1. The van der Waals surface area contributed by atoms with Crippen LogP contribution in [0.15, 0.2) is 40.9 Å². The molecule has 0 spiro atoms. The summed E-state index contributed by atoms with van der Waals surface area (Å²) in [7, 11) is 0. The molecule has 0 atom stereocenters. The fourth-order valence-corrected chi connectivity index (χ4v) is 2.31. The molecule has 0 saturated heterocycles. The average Bonchev–Trinajstić information content (AvgIpc) is 2.34. The van der Waals surface area contributed by atoms with Crippen molar-refractivity contribution in [3.63, 3.8) is 0 Å². The van der Waals surface area contributed by atoms with Crippen molar-refractivity contribution in [1.82, 2.24) is 0 Å². The van der Waals surface area contributed by atoms with Gasteiger partial charge in [0, 0.05) is 15.2 Å². The summed E-state index contributed by atoms with van der Waals surface area (Å²) >= 11 is 9.15. The van der Waals surface area contributed by atoms with Gasteiger partial charge in [-0.05, 0) is 58.7 Å². The Morgan fingerprint density at radius 2 is 2.05 bits per heavy atom. The fourth-order valence-electron chi connectivity index (χ4n) is 1.61. The van der Waals surface area contributed by atoms with Gasteiger partial charge in [0.2, 0.25) is 0 Å². The number of carbonyl (C=O) groups excluding carboxylic acids is 1. The standard InChI is InChI=1S/C14H10BrClFNO/c1-8-12(16)3-2-4-13(8)18-14(19)10-6-5-9(17)7-11(10)15/h2-7H,1H3,(H,18,19). The molecule has 0 saturated carbocycles. The number of carbonyl (C=O) groups is 1. The molecule has 0 radical (unpaired) electrons. The number of halogens is 3. The SMILES string of the molecule is Cc1c(Cl)cccc1NC(=O)c1ccc(F)cc1Br. The van der Waals surface area contributed by atoms with Gasteiger partial charge in [-0.25, -0.2) is 4.39 Å². The molecule has 1 N–H and O–H groups in total. The number of hydrogen-bond donors (Lipinski definition) is 1. The van der Waals surface area contributed by atoms with E-state index in [4.69, 9.17) is 11.6 Å². The Bertz CT molecular complexity index is 645. The highest BCUT2D eigenvalue weighted by atomic mass is 79.9. The zero-order chi connectivity index (χ0) is 14.0. The first-order chi connectivity index (χ1) is 8.99. The van der Waals surface area contributed by atoms with Gasteiger partial charge in [-0.3, -0.25) is 4.79 Å². The summed E-state index contributed by atoms with van der Waals surface area (Å²) in [5, 5.41) is 3.33. The Morgan fingerprint density at radius 1 is 1.32 bits per heavy atom. The molecule has 0 aliphatic rings. The van der Waals surface area contributed by atoms with Crippen LogP contribution in [0.25, 0.3) is 0 Å². The lowest BCUT2D eigenvalue weighted by Crippen LogP contribution is -2.13. The predicted octanol–water partition coefficient (Wildman–Crippen LogP) is 4.80. The van der Waals surface area contributed by atoms with E-state index in [0.717, 1.165) is 5.56 Å². The molecule has 0 aliphatic heterocycles. The second-order valence-electron chi connectivity index (χ2n) is 3.99. The Morgan fingerprint density at radius 3 is 2.74 bits per heavy atom. The zero-order valence-corrected chi connectivity index (χ0v) is 12.3. The lowest BCUT2D eigenvalue weighted by molar-refractivity contribution is 0.102. The predicted molar refractivity (Wildman–Crippen MR) is 78.2 cm³/mol. The number of amides is 1. The van der Waals surface area contributed by atoms with Crippen LogP contribution in [-0.4, -0.2) is 5.91 Å². The van der Waals surface area contributed by atoms with Crippen LogP contribution in [0.3, 0.4) is 0 Å². The molecule has 2 rings (SSSR count). The van der Waals surface area contributed by atoms with E-state index in [-0.39, 0.29) is 5.91 Å². The minimum absolute atomic E-state index is 0.322. The molecular weight excluding hydrogens is 333 g/mol. The summed E-state index contributed by atoms with van der Waals surface area (Å²) in [6.45, 7) is 1.82. The van der Waals surface area contributed by atoms with Gasteiger partial charge < -0.3 is 5.32 Å². The quantitative estimate of drug-likeness (QED) is 0.834. The van der Waals surface area contributed by atoms with Crippen molar-refractivity contribution in [3.8, 4) is 0 Å². The highest BCUT2D eigenvalue weighted by Crippen LogP contribution is 2.25. The summed E-state index contributed by atoms with van der Waals surface area (Å²) in [6, 6.07) is 9.18. The molecule has 0 heterocycles. The largest absolute Gasteiger partial charge is 0.322 e. The van der Waals surface area contributed by atoms with Crippen LogP contribution in [0.2, 0.25) is 5.02 Å². The fraction of sp³-hybridized carbons (Fsp3) is 0.0714. The normalized spacial score (nSPS) is 10.3. The maximum atomic E-state index is 13.0. The number of anilines is 1. The minimum Gasteiger partial charge on any atom is -0.322 e. The van der Waals surface area contributed by atoms with Crippen molar-refractivity contribution in [2.45, 2.75) is 6.92 Å². The first-order valence-electron chi connectivity index (χ1n) is 5.50. The first kappa shape index (κ1) is 14.0. The van der Waals surface area contributed by atoms with E-state index in [1.165, 1.54) is 18.2 Å². The second-order valence-corrected chi connectivity index (χ2v) is 5.25. The summed E-state index contributed by atoms with van der Waals surface area (Å²) in [5.74, 6) is -0.723. The number of hydrogen-bond acceptors (Lipinski definition) is 1. The van der Waals surface area contributed by atoms with Crippen molar-refractivity contribution >= 4 is 39.1 Å². The van der Waals surface area contributed by atoms with Crippen LogP contribution in [0, 0.1) is 12.7 Å².